The lowest BCUT2D eigenvalue weighted by Gasteiger charge is -2.17. The smallest absolute Gasteiger partial charge is 0.305 e. The number of aliphatic carboxylic acids is 1. The maximum absolute atomic E-state index is 12.6. The maximum Gasteiger partial charge on any atom is 0.305 e. The van der Waals surface area contributed by atoms with E-state index in [9.17, 15) is 9.59 Å². The van der Waals surface area contributed by atoms with Crippen molar-refractivity contribution in [3.05, 3.63) is 41.5 Å². The summed E-state index contributed by atoms with van der Waals surface area (Å²) < 4.78 is 1.67. The second-order valence-electron chi connectivity index (χ2n) is 6.14. The van der Waals surface area contributed by atoms with Gasteiger partial charge in [-0.15, -0.1) is 5.10 Å². The van der Waals surface area contributed by atoms with Crippen LogP contribution in [0.5, 0.6) is 0 Å². The molecule has 0 saturated heterocycles. The van der Waals surface area contributed by atoms with Gasteiger partial charge in [0, 0.05) is 13.1 Å². The number of nitrogens with zero attached hydrogens (tertiary/aromatic N) is 4. The van der Waals surface area contributed by atoms with Crippen molar-refractivity contribution in [1.82, 2.24) is 19.7 Å². The van der Waals surface area contributed by atoms with Crippen LogP contribution in [0.1, 0.15) is 55.1 Å². The Kier molecular flexibility index (Phi) is 5.90. The van der Waals surface area contributed by atoms with Crippen molar-refractivity contribution in [3.63, 3.8) is 0 Å². The Morgan fingerprint density at radius 2 is 1.96 bits per heavy atom. The highest BCUT2D eigenvalue weighted by Crippen LogP contribution is 2.23. The van der Waals surface area contributed by atoms with Crippen LogP contribution in [-0.4, -0.2) is 49.7 Å². The van der Waals surface area contributed by atoms with Crippen LogP contribution in [0.2, 0.25) is 0 Å². The molecule has 0 aliphatic carbocycles. The number of carboxylic acids is 1. The highest BCUT2D eigenvalue weighted by Gasteiger charge is 2.22. The minimum absolute atomic E-state index is 0.0864. The number of aryl methyl sites for hydroxylation is 1. The highest BCUT2D eigenvalue weighted by molar-refractivity contribution is 5.90. The Morgan fingerprint density at radius 1 is 1.28 bits per heavy atom. The quantitative estimate of drug-likeness (QED) is 0.834. The normalized spacial score (nSPS) is 10.9. The summed E-state index contributed by atoms with van der Waals surface area (Å²) >= 11 is 0. The molecule has 7 nitrogen and oxygen atoms in total. The summed E-state index contributed by atoms with van der Waals surface area (Å²) in [4.78, 5) is 29.1. The number of benzene rings is 1. The molecule has 0 saturated carbocycles. The second-order valence-corrected chi connectivity index (χ2v) is 6.14. The van der Waals surface area contributed by atoms with Crippen LogP contribution < -0.4 is 0 Å². The van der Waals surface area contributed by atoms with E-state index in [1.807, 2.05) is 24.3 Å². The molecule has 134 valence electrons. The first kappa shape index (κ1) is 18.6. The van der Waals surface area contributed by atoms with E-state index >= 15 is 0 Å². The van der Waals surface area contributed by atoms with Crippen LogP contribution in [0.25, 0.3) is 5.69 Å². The predicted molar refractivity (Wildman–Crippen MR) is 94.0 cm³/mol. The van der Waals surface area contributed by atoms with Crippen LogP contribution in [-0.2, 0) is 4.79 Å². The highest BCUT2D eigenvalue weighted by atomic mass is 16.4. The summed E-state index contributed by atoms with van der Waals surface area (Å²) in [7, 11) is 0. The molecule has 1 amide bonds. The fourth-order valence-electron chi connectivity index (χ4n) is 2.65. The summed E-state index contributed by atoms with van der Waals surface area (Å²) in [5, 5.41) is 13.2. The minimum atomic E-state index is -0.938. The molecule has 0 spiro atoms. The Balaban J connectivity index is 2.34. The SMILES string of the molecule is CCN(CCC(=O)O)C(=O)c1nc(C)n(-c2ccccc2C(C)C)n1. The van der Waals surface area contributed by atoms with Crippen LogP contribution in [0, 0.1) is 6.92 Å². The fourth-order valence-corrected chi connectivity index (χ4v) is 2.65. The third-order valence-electron chi connectivity index (χ3n) is 4.01. The van der Waals surface area contributed by atoms with Gasteiger partial charge >= 0.3 is 5.97 Å². The van der Waals surface area contributed by atoms with Crippen LogP contribution in [0.3, 0.4) is 0 Å². The number of amides is 1. The Bertz CT molecular complexity index is 767. The van der Waals surface area contributed by atoms with E-state index < -0.39 is 5.97 Å². The van der Waals surface area contributed by atoms with Crippen LogP contribution in [0.4, 0.5) is 0 Å². The zero-order chi connectivity index (χ0) is 18.6. The number of aromatic nitrogens is 3. The summed E-state index contributed by atoms with van der Waals surface area (Å²) in [6, 6.07) is 7.89. The van der Waals surface area contributed by atoms with Gasteiger partial charge in [0.05, 0.1) is 12.1 Å². The molecule has 1 aromatic heterocycles. The molecular weight excluding hydrogens is 320 g/mol. The molecule has 2 rings (SSSR count). The summed E-state index contributed by atoms with van der Waals surface area (Å²) in [5.41, 5.74) is 2.02. The van der Waals surface area contributed by atoms with E-state index in [0.29, 0.717) is 18.3 Å². The van der Waals surface area contributed by atoms with Crippen molar-refractivity contribution in [3.8, 4) is 5.69 Å². The van der Waals surface area contributed by atoms with Crippen LogP contribution in [0.15, 0.2) is 24.3 Å². The Labute approximate surface area is 147 Å². The van der Waals surface area contributed by atoms with Gasteiger partial charge in [-0.2, -0.15) is 0 Å². The minimum Gasteiger partial charge on any atom is -0.481 e. The van der Waals surface area contributed by atoms with E-state index in [1.54, 1.807) is 18.5 Å². The zero-order valence-corrected chi connectivity index (χ0v) is 15.1. The van der Waals surface area contributed by atoms with Crippen molar-refractivity contribution in [2.45, 2.75) is 40.0 Å². The molecule has 0 fully saturated rings. The molecule has 1 heterocycles. The summed E-state index contributed by atoms with van der Waals surface area (Å²) in [6.45, 7) is 8.35. The monoisotopic (exact) mass is 344 g/mol. The molecule has 2 aromatic rings. The number of para-hydroxylation sites is 1. The average Bonchev–Trinajstić information content (AvgIpc) is 2.96. The van der Waals surface area contributed by atoms with E-state index in [1.165, 1.54) is 4.90 Å². The lowest BCUT2D eigenvalue weighted by molar-refractivity contribution is -0.137. The predicted octanol–water partition coefficient (Wildman–Crippen LogP) is 2.64. The lowest BCUT2D eigenvalue weighted by Crippen LogP contribution is -2.33. The van der Waals surface area contributed by atoms with Gasteiger partial charge in [-0.25, -0.2) is 9.67 Å². The summed E-state index contributed by atoms with van der Waals surface area (Å²) in [6.07, 6.45) is -0.102. The molecule has 0 unspecified atom stereocenters. The Hall–Kier alpha value is -2.70. The first-order valence-corrected chi connectivity index (χ1v) is 8.39. The number of rotatable bonds is 7. The molecule has 7 heteroatoms. The second kappa shape index (κ2) is 7.92. The number of carbonyl (C=O) groups excluding carboxylic acids is 1. The van der Waals surface area contributed by atoms with Gasteiger partial charge < -0.3 is 10.0 Å². The standard InChI is InChI=1S/C18H24N4O3/c1-5-21(11-10-16(23)24)18(25)17-19-13(4)22(20-17)15-9-7-6-8-14(15)12(2)3/h6-9,12H,5,10-11H2,1-4H3,(H,23,24). The first-order valence-electron chi connectivity index (χ1n) is 8.39. The third-order valence-corrected chi connectivity index (χ3v) is 4.01. The third kappa shape index (κ3) is 4.23. The van der Waals surface area contributed by atoms with Crippen molar-refractivity contribution >= 4 is 11.9 Å². The molecule has 0 atom stereocenters. The van der Waals surface area contributed by atoms with Crippen molar-refractivity contribution in [2.75, 3.05) is 13.1 Å². The van der Waals surface area contributed by atoms with Crippen molar-refractivity contribution in [1.29, 1.82) is 0 Å². The van der Waals surface area contributed by atoms with E-state index in [4.69, 9.17) is 5.11 Å². The van der Waals surface area contributed by atoms with Gasteiger partial charge in [0.15, 0.2) is 0 Å². The fraction of sp³-hybridized carbons (Fsp3) is 0.444. The molecule has 0 aliphatic rings. The molecule has 0 bridgehead atoms. The molecule has 1 N–H and O–H groups in total. The number of carbonyl (C=O) groups is 2. The van der Waals surface area contributed by atoms with E-state index in [2.05, 4.69) is 23.9 Å². The molecule has 0 radical (unpaired) electrons. The van der Waals surface area contributed by atoms with Crippen molar-refractivity contribution in [2.24, 2.45) is 0 Å². The molecule has 0 aliphatic heterocycles. The lowest BCUT2D eigenvalue weighted by atomic mass is 10.0. The number of hydrogen-bond donors (Lipinski definition) is 1. The van der Waals surface area contributed by atoms with Crippen molar-refractivity contribution < 1.29 is 14.7 Å². The van der Waals surface area contributed by atoms with E-state index in [0.717, 1.165) is 11.3 Å². The van der Waals surface area contributed by atoms with Gasteiger partial charge in [0.25, 0.3) is 5.91 Å². The van der Waals surface area contributed by atoms with Gasteiger partial charge in [0.1, 0.15) is 5.82 Å². The van der Waals surface area contributed by atoms with Gasteiger partial charge in [0.2, 0.25) is 5.82 Å². The zero-order valence-electron chi connectivity index (χ0n) is 15.1. The van der Waals surface area contributed by atoms with E-state index in [-0.39, 0.29) is 24.7 Å². The van der Waals surface area contributed by atoms with Gasteiger partial charge in [-0.1, -0.05) is 32.0 Å². The summed E-state index contributed by atoms with van der Waals surface area (Å²) in [5.74, 6) is -0.282. The first-order chi connectivity index (χ1) is 11.8. The van der Waals surface area contributed by atoms with Gasteiger partial charge in [-0.3, -0.25) is 9.59 Å². The average molecular weight is 344 g/mol. The maximum atomic E-state index is 12.6. The van der Waals surface area contributed by atoms with Gasteiger partial charge in [-0.05, 0) is 31.4 Å². The topological polar surface area (TPSA) is 88.3 Å². The van der Waals surface area contributed by atoms with Crippen LogP contribution >= 0.6 is 0 Å². The largest absolute Gasteiger partial charge is 0.481 e. The number of hydrogen-bond acceptors (Lipinski definition) is 4. The molecule has 1 aromatic carbocycles. The molecular formula is C18H24N4O3. The number of carboxylic acid groups (broad SMARTS) is 1. The Morgan fingerprint density at radius 3 is 2.56 bits per heavy atom. The molecule has 25 heavy (non-hydrogen) atoms.